The fourth-order valence-corrected chi connectivity index (χ4v) is 0.145. The van der Waals surface area contributed by atoms with Gasteiger partial charge in [0.15, 0.2) is 17.9 Å². The van der Waals surface area contributed by atoms with E-state index in [9.17, 15) is 0 Å². The van der Waals surface area contributed by atoms with E-state index in [0.29, 0.717) is 0 Å². The molecule has 0 bridgehead atoms. The molecule has 0 atom stereocenters. The van der Waals surface area contributed by atoms with Crippen molar-refractivity contribution in [1.82, 2.24) is 5.32 Å². The molecule has 0 aliphatic heterocycles. The molecule has 0 heterocycles. The zero-order chi connectivity index (χ0) is 9.44. The summed E-state index contributed by atoms with van der Waals surface area (Å²) in [6.07, 6.45) is 0. The number of guanidine groups is 3. The van der Waals surface area contributed by atoms with Crippen LogP contribution < -0.4 is 28.3 Å². The highest BCUT2D eigenvalue weighted by atomic mass is 15.1. The van der Waals surface area contributed by atoms with Crippen LogP contribution >= 0.6 is 0 Å². The van der Waals surface area contributed by atoms with Crippen molar-refractivity contribution in [2.75, 3.05) is 0 Å². The largest absolute Gasteiger partial charge is 0.370 e. The maximum Gasteiger partial charge on any atom is 0.192 e. The molecule has 8 heteroatoms. The lowest BCUT2D eigenvalue weighted by Crippen LogP contribution is -2.39. The third kappa shape index (κ3) is 71.6. The summed E-state index contributed by atoms with van der Waals surface area (Å²) in [6.45, 7) is 0. The van der Waals surface area contributed by atoms with Gasteiger partial charge in [0.1, 0.15) is 0 Å². The van der Waals surface area contributed by atoms with Crippen molar-refractivity contribution in [3.05, 3.63) is 0 Å². The second-order valence-corrected chi connectivity index (χ2v) is 1.41. The fraction of sp³-hybridized carbons (Fsp3) is 0. The molecule has 0 aliphatic rings. The Kier molecular flexibility index (Phi) is 6.56. The van der Waals surface area contributed by atoms with Gasteiger partial charge in [-0.1, -0.05) is 0 Å². The first-order valence-corrected chi connectivity index (χ1v) is 2.40. The van der Waals surface area contributed by atoms with Crippen molar-refractivity contribution in [3.8, 4) is 0 Å². The molecule has 11 heavy (non-hydrogen) atoms. The standard InChI is InChI=1S/C2H7N5.CH5N3/c3-1(4)7-2(5)6;2-1(3)4/h(H7,3,4,5,6,7);(H5,2,3,4). The summed E-state index contributed by atoms with van der Waals surface area (Å²) < 4.78 is 0. The predicted octanol–water partition coefficient (Wildman–Crippen LogP) is -2.80. The Morgan fingerprint density at radius 3 is 1.00 bits per heavy atom. The first-order chi connectivity index (χ1) is 4.86. The van der Waals surface area contributed by atoms with Crippen molar-refractivity contribution in [2.24, 2.45) is 22.9 Å². The molecule has 0 aromatic carbocycles. The summed E-state index contributed by atoms with van der Waals surface area (Å²) in [6, 6.07) is 0. The van der Waals surface area contributed by atoms with Crippen molar-refractivity contribution in [3.63, 3.8) is 0 Å². The van der Waals surface area contributed by atoms with Gasteiger partial charge in [-0.3, -0.25) is 21.5 Å². The molecule has 0 radical (unpaired) electrons. The predicted molar refractivity (Wildman–Crippen MR) is 43.1 cm³/mol. The minimum Gasteiger partial charge on any atom is -0.370 e. The van der Waals surface area contributed by atoms with E-state index in [0.717, 1.165) is 0 Å². The van der Waals surface area contributed by atoms with Crippen molar-refractivity contribution in [2.45, 2.75) is 0 Å². The summed E-state index contributed by atoms with van der Waals surface area (Å²) in [5.41, 5.74) is 18.4. The van der Waals surface area contributed by atoms with E-state index < -0.39 is 0 Å². The molecular weight excluding hydrogens is 148 g/mol. The molecule has 0 aromatic heterocycles. The van der Waals surface area contributed by atoms with Crippen LogP contribution in [0, 0.1) is 16.2 Å². The Labute approximate surface area is 63.4 Å². The number of nitrogens with two attached hydrogens (primary N) is 4. The molecule has 8 nitrogen and oxygen atoms in total. The first-order valence-electron chi connectivity index (χ1n) is 2.40. The van der Waals surface area contributed by atoms with Gasteiger partial charge in [0.25, 0.3) is 0 Å². The average Bonchev–Trinajstić information content (AvgIpc) is 1.56. The molecule has 0 aromatic rings. The maximum absolute atomic E-state index is 6.47. The molecule has 0 saturated heterocycles. The Bertz CT molecular complexity index is 143. The second-order valence-electron chi connectivity index (χ2n) is 1.41. The van der Waals surface area contributed by atoms with Crippen LogP contribution in [0.5, 0.6) is 0 Å². The summed E-state index contributed by atoms with van der Waals surface area (Å²) in [4.78, 5) is 0. The topological polar surface area (TPSA) is 188 Å². The fourth-order valence-electron chi connectivity index (χ4n) is 0.145. The van der Waals surface area contributed by atoms with Gasteiger partial charge < -0.3 is 22.9 Å². The average molecular weight is 160 g/mol. The van der Waals surface area contributed by atoms with Crippen molar-refractivity contribution in [1.29, 1.82) is 16.2 Å². The molecular formula is C3H12N8. The van der Waals surface area contributed by atoms with Crippen LogP contribution in [0.1, 0.15) is 0 Å². The highest BCUT2D eigenvalue weighted by molar-refractivity contribution is 5.93. The van der Waals surface area contributed by atoms with Crippen molar-refractivity contribution < 1.29 is 0 Å². The van der Waals surface area contributed by atoms with E-state index >= 15 is 0 Å². The summed E-state index contributed by atoms with van der Waals surface area (Å²) in [7, 11) is 0. The van der Waals surface area contributed by atoms with Gasteiger partial charge in [0, 0.05) is 0 Å². The molecule has 0 aliphatic carbocycles. The Hall–Kier alpha value is -1.99. The van der Waals surface area contributed by atoms with Crippen LogP contribution in [0.3, 0.4) is 0 Å². The summed E-state index contributed by atoms with van der Waals surface area (Å²) in [5, 5.41) is 21.0. The van der Waals surface area contributed by atoms with Crippen LogP contribution in [-0.4, -0.2) is 17.9 Å². The molecule has 0 fully saturated rings. The van der Waals surface area contributed by atoms with Crippen LogP contribution in [0.4, 0.5) is 0 Å². The molecule has 0 unspecified atom stereocenters. The lowest BCUT2D eigenvalue weighted by atomic mass is 10.9. The highest BCUT2D eigenvalue weighted by Gasteiger charge is 1.83. The molecule has 0 saturated carbocycles. The lowest BCUT2D eigenvalue weighted by molar-refractivity contribution is 1.19. The van der Waals surface area contributed by atoms with Gasteiger partial charge in [-0.15, -0.1) is 0 Å². The molecule has 0 rings (SSSR count). The zero-order valence-corrected chi connectivity index (χ0v) is 5.81. The quantitative estimate of drug-likeness (QED) is 0.140. The van der Waals surface area contributed by atoms with Gasteiger partial charge in [-0.2, -0.15) is 0 Å². The maximum atomic E-state index is 6.47. The van der Waals surface area contributed by atoms with E-state index in [1.807, 2.05) is 5.32 Å². The Morgan fingerprint density at radius 1 is 0.818 bits per heavy atom. The minimum absolute atomic E-state index is 0.312. The van der Waals surface area contributed by atoms with E-state index in [2.05, 4.69) is 11.5 Å². The van der Waals surface area contributed by atoms with Crippen LogP contribution in [-0.2, 0) is 0 Å². The van der Waals surface area contributed by atoms with Crippen molar-refractivity contribution >= 4 is 17.9 Å². The second kappa shape index (κ2) is 6.13. The van der Waals surface area contributed by atoms with E-state index in [4.69, 9.17) is 27.7 Å². The van der Waals surface area contributed by atoms with Crippen LogP contribution in [0.15, 0.2) is 0 Å². The molecule has 64 valence electrons. The van der Waals surface area contributed by atoms with E-state index in [1.54, 1.807) is 0 Å². The number of nitrogens with one attached hydrogen (secondary N) is 4. The van der Waals surface area contributed by atoms with E-state index in [1.165, 1.54) is 0 Å². The van der Waals surface area contributed by atoms with Gasteiger partial charge in [-0.25, -0.2) is 0 Å². The van der Waals surface area contributed by atoms with Gasteiger partial charge in [0.05, 0.1) is 0 Å². The molecule has 0 amide bonds. The smallest absolute Gasteiger partial charge is 0.192 e. The highest BCUT2D eigenvalue weighted by Crippen LogP contribution is 1.44. The number of rotatable bonds is 0. The normalized spacial score (nSPS) is 6.91. The van der Waals surface area contributed by atoms with Gasteiger partial charge in [0.2, 0.25) is 0 Å². The first kappa shape index (κ1) is 11.8. The van der Waals surface area contributed by atoms with Gasteiger partial charge >= 0.3 is 0 Å². The zero-order valence-electron chi connectivity index (χ0n) is 5.81. The van der Waals surface area contributed by atoms with Crippen LogP contribution in [0.2, 0.25) is 0 Å². The third-order valence-electron chi connectivity index (χ3n) is 0.269. The lowest BCUT2D eigenvalue weighted by Gasteiger charge is -1.95. The SMILES string of the molecule is N=C(N)N.N=C(N)NC(=N)N. The Balaban J connectivity index is 0. The third-order valence-corrected chi connectivity index (χ3v) is 0.269. The molecule has 0 spiro atoms. The number of hydrogen-bond donors (Lipinski definition) is 8. The summed E-state index contributed by atoms with van der Waals surface area (Å²) >= 11 is 0. The monoisotopic (exact) mass is 160 g/mol. The molecule has 12 N–H and O–H groups in total. The summed E-state index contributed by atoms with van der Waals surface area (Å²) in [5.74, 6) is -0.958. The minimum atomic E-state index is -0.333. The number of hydrogen-bond acceptors (Lipinski definition) is 3. The van der Waals surface area contributed by atoms with E-state index in [-0.39, 0.29) is 17.9 Å². The van der Waals surface area contributed by atoms with Crippen LogP contribution in [0.25, 0.3) is 0 Å². The Morgan fingerprint density at radius 2 is 1.00 bits per heavy atom. The van der Waals surface area contributed by atoms with Gasteiger partial charge in [-0.05, 0) is 0 Å².